The van der Waals surface area contributed by atoms with E-state index >= 15 is 0 Å². The third-order valence-corrected chi connectivity index (χ3v) is 5.19. The first-order valence-corrected chi connectivity index (χ1v) is 7.92. The van der Waals surface area contributed by atoms with Crippen molar-refractivity contribution in [3.8, 4) is 0 Å². The van der Waals surface area contributed by atoms with Gasteiger partial charge in [0, 0.05) is 35.5 Å². The molecule has 1 saturated heterocycles. The molecule has 0 radical (unpaired) electrons. The lowest BCUT2D eigenvalue weighted by Gasteiger charge is -2.32. The lowest BCUT2D eigenvalue weighted by molar-refractivity contribution is -0.140. The fourth-order valence-electron chi connectivity index (χ4n) is 3.68. The van der Waals surface area contributed by atoms with Gasteiger partial charge in [0.1, 0.15) is 6.04 Å². The minimum absolute atomic E-state index is 0.0697. The van der Waals surface area contributed by atoms with Crippen LogP contribution in [0.2, 0.25) is 0 Å². The number of aromatic nitrogens is 1. The van der Waals surface area contributed by atoms with Crippen molar-refractivity contribution in [2.24, 2.45) is 5.92 Å². The molecule has 0 spiro atoms. The van der Waals surface area contributed by atoms with Crippen molar-refractivity contribution < 1.29 is 9.90 Å². The number of carbonyl (C=O) groups is 1. The van der Waals surface area contributed by atoms with E-state index in [1.54, 1.807) is 0 Å². The van der Waals surface area contributed by atoms with Crippen LogP contribution < -0.4 is 10.6 Å². The van der Waals surface area contributed by atoms with Gasteiger partial charge in [0.2, 0.25) is 0 Å². The van der Waals surface area contributed by atoms with Gasteiger partial charge in [-0.25, -0.2) is 0 Å². The molecule has 22 heavy (non-hydrogen) atoms. The van der Waals surface area contributed by atoms with Gasteiger partial charge in [-0.3, -0.25) is 10.1 Å². The van der Waals surface area contributed by atoms with E-state index in [0.29, 0.717) is 6.42 Å². The third kappa shape index (κ3) is 2.02. The molecule has 2 aliphatic heterocycles. The smallest absolute Gasteiger partial charge is 0.321 e. The average Bonchev–Trinajstić information content (AvgIpc) is 3.09. The molecule has 3 heterocycles. The molecular weight excluding hydrogens is 298 g/mol. The molecule has 0 amide bonds. The van der Waals surface area contributed by atoms with Crippen LogP contribution in [0.5, 0.6) is 0 Å². The van der Waals surface area contributed by atoms with Crippen molar-refractivity contribution in [2.45, 2.75) is 24.9 Å². The minimum Gasteiger partial charge on any atom is -0.480 e. The lowest BCUT2D eigenvalue weighted by Crippen LogP contribution is -2.47. The predicted molar refractivity (Wildman–Crippen MR) is 88.0 cm³/mol. The van der Waals surface area contributed by atoms with E-state index in [-0.39, 0.29) is 12.0 Å². The molecule has 0 unspecified atom stereocenters. The molecule has 2 aliphatic rings. The summed E-state index contributed by atoms with van der Waals surface area (Å²) in [7, 11) is 0. The SMILES string of the molecule is O=C(O)[C@H]1Cc2c([nH]c3ccccc23)[C@@H]([C@@H]2CCNC2=S)N1. The zero-order valence-corrected chi connectivity index (χ0v) is 12.7. The Balaban J connectivity index is 1.85. The maximum absolute atomic E-state index is 11.5. The van der Waals surface area contributed by atoms with Crippen molar-refractivity contribution in [1.29, 1.82) is 0 Å². The van der Waals surface area contributed by atoms with E-state index < -0.39 is 12.0 Å². The highest BCUT2D eigenvalue weighted by molar-refractivity contribution is 7.80. The van der Waals surface area contributed by atoms with Gasteiger partial charge in [0.05, 0.1) is 11.0 Å². The Labute approximate surface area is 133 Å². The Morgan fingerprint density at radius 1 is 1.32 bits per heavy atom. The molecular formula is C16H17N3O2S. The second-order valence-electron chi connectivity index (χ2n) is 5.99. The number of carboxylic acids is 1. The first kappa shape index (κ1) is 13.7. The van der Waals surface area contributed by atoms with Crippen molar-refractivity contribution >= 4 is 34.1 Å². The van der Waals surface area contributed by atoms with Crippen LogP contribution in [0.25, 0.3) is 10.9 Å². The average molecular weight is 315 g/mol. The van der Waals surface area contributed by atoms with E-state index in [0.717, 1.165) is 40.1 Å². The second kappa shape index (κ2) is 5.07. The van der Waals surface area contributed by atoms with Gasteiger partial charge in [0.15, 0.2) is 0 Å². The Morgan fingerprint density at radius 3 is 2.86 bits per heavy atom. The highest BCUT2D eigenvalue weighted by Gasteiger charge is 2.39. The van der Waals surface area contributed by atoms with Gasteiger partial charge < -0.3 is 15.4 Å². The van der Waals surface area contributed by atoms with Crippen molar-refractivity contribution in [2.75, 3.05) is 6.54 Å². The Kier molecular flexibility index (Phi) is 3.16. The summed E-state index contributed by atoms with van der Waals surface area (Å²) in [4.78, 5) is 15.9. The van der Waals surface area contributed by atoms with Crippen LogP contribution in [0.4, 0.5) is 0 Å². The standard InChI is InChI=1S/C16H17N3O2S/c20-16(21)12-7-10-8-3-1-2-4-11(8)18-14(10)13(19-12)9-5-6-17-15(9)22/h1-4,9,12-13,18-19H,5-7H2,(H,17,22)(H,20,21)/t9-,12+,13+/m0/s1. The zero-order valence-electron chi connectivity index (χ0n) is 11.9. The van der Waals surface area contributed by atoms with Crippen LogP contribution in [0.15, 0.2) is 24.3 Å². The normalized spacial score (nSPS) is 27.6. The number of fused-ring (bicyclic) bond motifs is 3. The van der Waals surface area contributed by atoms with Crippen molar-refractivity contribution in [3.63, 3.8) is 0 Å². The van der Waals surface area contributed by atoms with Gasteiger partial charge in [0.25, 0.3) is 0 Å². The molecule has 1 fully saturated rings. The summed E-state index contributed by atoms with van der Waals surface area (Å²) in [5.74, 6) is -0.665. The molecule has 0 bridgehead atoms. The largest absolute Gasteiger partial charge is 0.480 e. The van der Waals surface area contributed by atoms with E-state index in [1.165, 1.54) is 0 Å². The zero-order chi connectivity index (χ0) is 15.3. The first-order valence-electron chi connectivity index (χ1n) is 7.51. The Bertz CT molecular complexity index is 770. The lowest BCUT2D eigenvalue weighted by atomic mass is 9.86. The molecule has 1 aromatic heterocycles. The monoisotopic (exact) mass is 315 g/mol. The number of H-pyrrole nitrogens is 1. The molecule has 5 nitrogen and oxygen atoms in total. The summed E-state index contributed by atoms with van der Waals surface area (Å²) >= 11 is 5.42. The molecule has 0 aliphatic carbocycles. The van der Waals surface area contributed by atoms with Gasteiger partial charge >= 0.3 is 5.97 Å². The maximum atomic E-state index is 11.5. The number of aromatic amines is 1. The highest BCUT2D eigenvalue weighted by atomic mass is 32.1. The van der Waals surface area contributed by atoms with Crippen LogP contribution in [0.3, 0.4) is 0 Å². The van der Waals surface area contributed by atoms with Gasteiger partial charge in [-0.05, 0) is 18.1 Å². The quantitative estimate of drug-likeness (QED) is 0.635. The van der Waals surface area contributed by atoms with E-state index in [4.69, 9.17) is 12.2 Å². The molecule has 4 N–H and O–H groups in total. The second-order valence-corrected chi connectivity index (χ2v) is 6.43. The summed E-state index contributed by atoms with van der Waals surface area (Å²) in [5, 5.41) is 17.1. The molecule has 4 rings (SSSR count). The van der Waals surface area contributed by atoms with Crippen molar-refractivity contribution in [3.05, 3.63) is 35.5 Å². The number of benzene rings is 1. The fourth-order valence-corrected chi connectivity index (χ4v) is 4.03. The molecule has 0 saturated carbocycles. The van der Waals surface area contributed by atoms with Crippen molar-refractivity contribution in [1.82, 2.24) is 15.6 Å². The number of hydrogen-bond donors (Lipinski definition) is 4. The number of carboxylic acid groups (broad SMARTS) is 1. The number of nitrogens with one attached hydrogen (secondary N) is 3. The Morgan fingerprint density at radius 2 is 2.14 bits per heavy atom. The third-order valence-electron chi connectivity index (χ3n) is 4.74. The molecule has 2 aromatic rings. The molecule has 3 atom stereocenters. The van der Waals surface area contributed by atoms with Crippen LogP contribution >= 0.6 is 12.2 Å². The molecule has 6 heteroatoms. The fraction of sp³-hybridized carbons (Fsp3) is 0.375. The minimum atomic E-state index is -0.808. The van der Waals surface area contributed by atoms with E-state index in [9.17, 15) is 9.90 Å². The number of rotatable bonds is 2. The van der Waals surface area contributed by atoms with E-state index in [2.05, 4.69) is 21.7 Å². The predicted octanol–water partition coefficient (Wildman–Crippen LogP) is 1.74. The van der Waals surface area contributed by atoms with Crippen LogP contribution in [0, 0.1) is 5.92 Å². The maximum Gasteiger partial charge on any atom is 0.321 e. The van der Waals surface area contributed by atoms with Gasteiger partial charge in [-0.1, -0.05) is 30.4 Å². The van der Waals surface area contributed by atoms with Gasteiger partial charge in [-0.2, -0.15) is 0 Å². The topological polar surface area (TPSA) is 77.1 Å². The number of thiocarbonyl (C=S) groups is 1. The summed E-state index contributed by atoms with van der Waals surface area (Å²) in [6.07, 6.45) is 1.43. The number of aliphatic carboxylic acids is 1. The summed E-state index contributed by atoms with van der Waals surface area (Å²) < 4.78 is 0. The molecule has 114 valence electrons. The van der Waals surface area contributed by atoms with Crippen LogP contribution in [0.1, 0.15) is 23.7 Å². The van der Waals surface area contributed by atoms with Crippen LogP contribution in [-0.2, 0) is 11.2 Å². The highest BCUT2D eigenvalue weighted by Crippen LogP contribution is 2.37. The summed E-state index contributed by atoms with van der Waals surface area (Å²) in [6, 6.07) is 7.43. The van der Waals surface area contributed by atoms with Gasteiger partial charge in [-0.15, -0.1) is 0 Å². The molecule has 1 aromatic carbocycles. The first-order chi connectivity index (χ1) is 10.6. The Hall–Kier alpha value is -1.92. The summed E-state index contributed by atoms with van der Waals surface area (Å²) in [5.41, 5.74) is 3.26. The van der Waals surface area contributed by atoms with Crippen LogP contribution in [-0.4, -0.2) is 33.6 Å². The van der Waals surface area contributed by atoms with E-state index in [1.807, 2.05) is 18.2 Å². The number of hydrogen-bond acceptors (Lipinski definition) is 3. The number of para-hydroxylation sites is 1. The summed E-state index contributed by atoms with van der Waals surface area (Å²) in [6.45, 7) is 0.856.